The summed E-state index contributed by atoms with van der Waals surface area (Å²) < 4.78 is 34.8. The Bertz CT molecular complexity index is 1570. The number of pyridine rings is 1. The Balaban J connectivity index is 2.12. The molecule has 45 heavy (non-hydrogen) atoms. The number of likely N-dealkylation sites (N-methyl/N-ethyl adjacent to an activating group) is 1. The molecule has 0 fully saturated rings. The van der Waals surface area contributed by atoms with Gasteiger partial charge in [0.25, 0.3) is 11.5 Å². The van der Waals surface area contributed by atoms with E-state index < -0.39 is 57.6 Å². The van der Waals surface area contributed by atoms with Gasteiger partial charge in [-0.25, -0.2) is 18.3 Å². The number of nitrogens with one attached hydrogen (secondary N) is 3. The molecule has 1 aromatic heterocycles. The zero-order valence-electron chi connectivity index (χ0n) is 25.7. The molecule has 18 heteroatoms. The SMILES string of the molecule is CON(C)C(=O)C(CCO/N=C(/N)NC(=O)OC(C)(C)C)NC(=O)Cn1c(C)ccc(NS(=O)(=O)Cc2ccccc2I)c1=O. The maximum atomic E-state index is 13.2. The van der Waals surface area contributed by atoms with Gasteiger partial charge in [-0.05, 0) is 79.2 Å². The monoisotopic (exact) mass is 763 g/mol. The molecule has 5 N–H and O–H groups in total. The van der Waals surface area contributed by atoms with Crippen molar-refractivity contribution in [2.75, 3.05) is 25.5 Å². The van der Waals surface area contributed by atoms with E-state index in [-0.39, 0.29) is 24.5 Å². The largest absolute Gasteiger partial charge is 0.444 e. The number of hydrogen-bond donors (Lipinski definition) is 4. The van der Waals surface area contributed by atoms with E-state index in [4.69, 9.17) is 20.1 Å². The van der Waals surface area contributed by atoms with Gasteiger partial charge in [0.1, 0.15) is 30.5 Å². The molecule has 0 radical (unpaired) electrons. The number of ether oxygens (including phenoxy) is 1. The average Bonchev–Trinajstić information content (AvgIpc) is 2.93. The van der Waals surface area contributed by atoms with Crippen molar-refractivity contribution in [2.45, 2.75) is 58.1 Å². The van der Waals surface area contributed by atoms with Gasteiger partial charge in [0.05, 0.1) is 12.9 Å². The molecule has 2 rings (SSSR count). The number of nitrogens with zero attached hydrogens (tertiary/aromatic N) is 3. The third-order valence-corrected chi connectivity index (χ3v) is 8.04. The third kappa shape index (κ3) is 12.5. The van der Waals surface area contributed by atoms with Crippen molar-refractivity contribution in [1.29, 1.82) is 0 Å². The van der Waals surface area contributed by atoms with Crippen molar-refractivity contribution in [3.05, 3.63) is 61.6 Å². The topological polar surface area (TPSA) is 213 Å². The fourth-order valence-electron chi connectivity index (χ4n) is 3.64. The van der Waals surface area contributed by atoms with Crippen LogP contribution >= 0.6 is 22.6 Å². The van der Waals surface area contributed by atoms with Crippen LogP contribution in [0.3, 0.4) is 0 Å². The molecular weight excluding hydrogens is 725 g/mol. The number of sulfonamides is 1. The van der Waals surface area contributed by atoms with Crippen LogP contribution in [0.25, 0.3) is 0 Å². The maximum absolute atomic E-state index is 13.2. The number of amides is 3. The summed E-state index contributed by atoms with van der Waals surface area (Å²) in [6, 6.07) is 8.57. The fraction of sp³-hybridized carbons (Fsp3) is 0.444. The molecule has 0 saturated carbocycles. The lowest BCUT2D eigenvalue weighted by molar-refractivity contribution is -0.172. The Morgan fingerprint density at radius 3 is 2.44 bits per heavy atom. The number of aryl methyl sites for hydroxylation is 1. The van der Waals surface area contributed by atoms with Crippen LogP contribution in [0, 0.1) is 10.5 Å². The Kier molecular flexibility index (Phi) is 13.6. The van der Waals surface area contributed by atoms with E-state index in [2.05, 4.69) is 20.5 Å². The Hall–Kier alpha value is -3.91. The van der Waals surface area contributed by atoms with Gasteiger partial charge >= 0.3 is 6.09 Å². The normalized spacial score (nSPS) is 12.6. The second-order valence-electron chi connectivity index (χ2n) is 10.6. The van der Waals surface area contributed by atoms with E-state index in [1.165, 1.54) is 26.3 Å². The van der Waals surface area contributed by atoms with Crippen molar-refractivity contribution >= 4 is 62.2 Å². The molecule has 1 unspecified atom stereocenters. The molecule has 0 aliphatic heterocycles. The average molecular weight is 764 g/mol. The van der Waals surface area contributed by atoms with Gasteiger partial charge in [-0.1, -0.05) is 18.2 Å². The maximum Gasteiger partial charge on any atom is 0.414 e. The molecule has 1 atom stereocenters. The molecule has 248 valence electrons. The molecule has 0 bridgehead atoms. The number of benzene rings is 1. The molecule has 0 spiro atoms. The summed E-state index contributed by atoms with van der Waals surface area (Å²) in [5.74, 6) is -2.11. The van der Waals surface area contributed by atoms with Crippen molar-refractivity contribution < 1.29 is 37.2 Å². The number of oxime groups is 1. The van der Waals surface area contributed by atoms with Crippen LogP contribution in [0.4, 0.5) is 10.5 Å². The molecule has 2 aromatic rings. The zero-order chi connectivity index (χ0) is 33.9. The van der Waals surface area contributed by atoms with Gasteiger partial charge in [-0.2, -0.15) is 0 Å². The minimum Gasteiger partial charge on any atom is -0.444 e. The van der Waals surface area contributed by atoms with E-state index in [0.717, 1.165) is 13.2 Å². The Morgan fingerprint density at radius 2 is 1.82 bits per heavy atom. The Labute approximate surface area is 274 Å². The molecule has 16 nitrogen and oxygen atoms in total. The first-order valence-electron chi connectivity index (χ1n) is 13.4. The van der Waals surface area contributed by atoms with Crippen LogP contribution in [0.1, 0.15) is 38.4 Å². The van der Waals surface area contributed by atoms with E-state index in [1.54, 1.807) is 52.0 Å². The van der Waals surface area contributed by atoms with Gasteiger partial charge in [0.2, 0.25) is 21.9 Å². The predicted molar refractivity (Wildman–Crippen MR) is 174 cm³/mol. The van der Waals surface area contributed by atoms with E-state index in [9.17, 15) is 27.6 Å². The van der Waals surface area contributed by atoms with Crippen molar-refractivity contribution in [1.82, 2.24) is 20.3 Å². The molecule has 0 saturated heterocycles. The molecule has 0 aliphatic carbocycles. The van der Waals surface area contributed by atoms with Crippen molar-refractivity contribution in [3.63, 3.8) is 0 Å². The van der Waals surface area contributed by atoms with Crippen molar-refractivity contribution in [2.24, 2.45) is 10.9 Å². The number of rotatable bonds is 13. The van der Waals surface area contributed by atoms with Crippen LogP contribution in [-0.4, -0.2) is 74.3 Å². The van der Waals surface area contributed by atoms with E-state index in [0.29, 0.717) is 11.3 Å². The highest BCUT2D eigenvalue weighted by atomic mass is 127. The number of guanidine groups is 1. The number of carbonyl (C=O) groups is 3. The van der Waals surface area contributed by atoms with E-state index >= 15 is 0 Å². The minimum absolute atomic E-state index is 0.104. The zero-order valence-corrected chi connectivity index (χ0v) is 28.7. The lowest BCUT2D eigenvalue weighted by Crippen LogP contribution is -2.49. The number of alkyl carbamates (subject to hydrolysis) is 1. The highest BCUT2D eigenvalue weighted by molar-refractivity contribution is 14.1. The van der Waals surface area contributed by atoms with Gasteiger partial charge in [-0.3, -0.25) is 29.3 Å². The number of carbonyl (C=O) groups excluding carboxylic acids is 3. The summed E-state index contributed by atoms with van der Waals surface area (Å²) in [6.45, 7) is 5.83. The van der Waals surface area contributed by atoms with Crippen LogP contribution in [0.5, 0.6) is 0 Å². The van der Waals surface area contributed by atoms with Crippen LogP contribution in [0.2, 0.25) is 0 Å². The number of hydroxylamine groups is 2. The first-order chi connectivity index (χ1) is 20.9. The molecule has 1 heterocycles. The number of hydrogen-bond acceptors (Lipinski definition) is 10. The lowest BCUT2D eigenvalue weighted by atomic mass is 10.2. The fourth-order valence-corrected chi connectivity index (χ4v) is 5.70. The highest BCUT2D eigenvalue weighted by Crippen LogP contribution is 2.16. The molecule has 0 aliphatic rings. The summed E-state index contributed by atoms with van der Waals surface area (Å²) in [4.78, 5) is 60.9. The van der Waals surface area contributed by atoms with Crippen LogP contribution < -0.4 is 26.6 Å². The summed E-state index contributed by atoms with van der Waals surface area (Å²) >= 11 is 2.03. The van der Waals surface area contributed by atoms with Crippen LogP contribution in [-0.2, 0) is 46.3 Å². The smallest absolute Gasteiger partial charge is 0.414 e. The third-order valence-electron chi connectivity index (χ3n) is 5.77. The summed E-state index contributed by atoms with van der Waals surface area (Å²) in [5, 5.41) is 9.15. The van der Waals surface area contributed by atoms with E-state index in [1.807, 2.05) is 22.6 Å². The summed E-state index contributed by atoms with van der Waals surface area (Å²) in [6.07, 6.45) is -0.948. The number of anilines is 1. The van der Waals surface area contributed by atoms with Crippen LogP contribution in [0.15, 0.2) is 46.3 Å². The lowest BCUT2D eigenvalue weighted by Gasteiger charge is -2.23. The van der Waals surface area contributed by atoms with Gasteiger partial charge in [0, 0.05) is 22.7 Å². The van der Waals surface area contributed by atoms with Gasteiger partial charge in [0.15, 0.2) is 0 Å². The van der Waals surface area contributed by atoms with Crippen molar-refractivity contribution in [3.8, 4) is 0 Å². The van der Waals surface area contributed by atoms with Gasteiger partial charge in [-0.15, -0.1) is 0 Å². The second kappa shape index (κ2) is 16.4. The van der Waals surface area contributed by atoms with Gasteiger partial charge < -0.3 is 25.2 Å². The number of nitrogens with two attached hydrogens (primary N) is 1. The first-order valence-corrected chi connectivity index (χ1v) is 16.2. The first kappa shape index (κ1) is 37.3. The summed E-state index contributed by atoms with van der Waals surface area (Å²) in [5.41, 5.74) is 4.79. The summed E-state index contributed by atoms with van der Waals surface area (Å²) in [7, 11) is -1.37. The standard InChI is InChI=1S/C27H38IN7O9S/c1-17-11-12-21(33-45(40,41)16-18-9-7-8-10-19(18)28)24(38)35(17)15-22(36)30-20(23(37)34(5)42-6)13-14-43-32-25(29)31-26(39)44-27(2,3)4/h7-12,20,33H,13-16H2,1-6H3,(H,30,36)(H3,29,31,32,39). The highest BCUT2D eigenvalue weighted by Gasteiger charge is 2.26. The molecular formula is C27H38IN7O9S. The minimum atomic E-state index is -3.96. The molecule has 1 aromatic carbocycles. The predicted octanol–water partition coefficient (Wildman–Crippen LogP) is 1.37. The molecule has 3 amide bonds. The Morgan fingerprint density at radius 1 is 1.16 bits per heavy atom. The number of aromatic nitrogens is 1. The second-order valence-corrected chi connectivity index (χ2v) is 13.5. The quantitative estimate of drug-likeness (QED) is 0.0757. The number of halogens is 1.